The van der Waals surface area contributed by atoms with Crippen molar-refractivity contribution >= 4 is 15.9 Å². The average molecular weight is 312 g/mol. The molecule has 7 heteroatoms. The Kier molecular flexibility index (Phi) is 3.57. The average Bonchev–Trinajstić information content (AvgIpc) is 3.13. The Morgan fingerprint density at radius 2 is 2.14 bits per heavy atom. The molecule has 2 saturated carbocycles. The second kappa shape index (κ2) is 5.14. The Bertz CT molecular complexity index is 652. The van der Waals surface area contributed by atoms with Crippen molar-refractivity contribution in [2.45, 2.75) is 43.7 Å². The highest BCUT2D eigenvalue weighted by Crippen LogP contribution is 2.49. The molecule has 0 aliphatic heterocycles. The van der Waals surface area contributed by atoms with E-state index in [2.05, 4.69) is 5.32 Å². The Balaban J connectivity index is 1.65. The van der Waals surface area contributed by atoms with Gasteiger partial charge in [0.15, 0.2) is 5.76 Å². The van der Waals surface area contributed by atoms with Crippen LogP contribution in [-0.4, -0.2) is 20.4 Å². The zero-order valence-electron chi connectivity index (χ0n) is 11.9. The summed E-state index contributed by atoms with van der Waals surface area (Å²) < 4.78 is 27.3. The fourth-order valence-electron chi connectivity index (χ4n) is 3.89. The van der Waals surface area contributed by atoms with Crippen molar-refractivity contribution in [1.82, 2.24) is 5.32 Å². The molecular weight excluding hydrogens is 292 g/mol. The predicted octanol–water partition coefficient (Wildman–Crippen LogP) is 1.48. The predicted molar refractivity (Wildman–Crippen MR) is 75.9 cm³/mol. The molecule has 21 heavy (non-hydrogen) atoms. The fourth-order valence-corrected chi connectivity index (χ4v) is 4.35. The summed E-state index contributed by atoms with van der Waals surface area (Å²) in [5, 5.41) is 7.49. The number of nitrogens with one attached hydrogen (secondary N) is 1. The fraction of sp³-hybridized carbons (Fsp3) is 0.643. The molecule has 116 valence electrons. The van der Waals surface area contributed by atoms with Crippen LogP contribution in [0.1, 0.15) is 43.2 Å². The molecule has 4 atom stereocenters. The maximum atomic E-state index is 12.1. The van der Waals surface area contributed by atoms with Crippen molar-refractivity contribution < 1.29 is 17.6 Å². The molecule has 2 aliphatic carbocycles. The van der Waals surface area contributed by atoms with Gasteiger partial charge in [0, 0.05) is 6.04 Å². The first-order valence-electron chi connectivity index (χ1n) is 7.28. The zero-order valence-corrected chi connectivity index (χ0v) is 12.7. The van der Waals surface area contributed by atoms with Crippen LogP contribution in [0.2, 0.25) is 0 Å². The minimum absolute atomic E-state index is 0.0194. The van der Waals surface area contributed by atoms with Crippen LogP contribution in [0.4, 0.5) is 0 Å². The third-order valence-electron chi connectivity index (χ3n) is 4.88. The van der Waals surface area contributed by atoms with Gasteiger partial charge in [-0.2, -0.15) is 0 Å². The van der Waals surface area contributed by atoms with E-state index in [1.165, 1.54) is 37.8 Å². The smallest absolute Gasteiger partial charge is 0.287 e. The Labute approximate surface area is 124 Å². The van der Waals surface area contributed by atoms with Gasteiger partial charge in [-0.05, 0) is 56.1 Å². The van der Waals surface area contributed by atoms with E-state index in [9.17, 15) is 13.2 Å². The highest BCUT2D eigenvalue weighted by Gasteiger charge is 2.42. The molecule has 3 N–H and O–H groups in total. The standard InChI is InChI=1S/C14H20N2O4S/c1-8(11-7-9-2-3-10(11)6-9)16-14(17)12-4-5-13(20-12)21(15,18)19/h4-5,8-11H,2-3,6-7H2,1H3,(H,16,17)(H2,15,18,19)/t8-,9+,10+,11+/m1/s1. The van der Waals surface area contributed by atoms with E-state index in [-0.39, 0.29) is 22.8 Å². The molecule has 1 heterocycles. The molecule has 0 aromatic carbocycles. The van der Waals surface area contributed by atoms with Crippen molar-refractivity contribution in [3.63, 3.8) is 0 Å². The summed E-state index contributed by atoms with van der Waals surface area (Å²) >= 11 is 0. The number of sulfonamides is 1. The SMILES string of the molecule is C[C@@H](NC(=O)c1ccc(S(N)(=O)=O)o1)[C@@H]1C[C@H]2CC[C@H]1C2. The maximum Gasteiger partial charge on any atom is 0.287 e. The molecule has 0 saturated heterocycles. The van der Waals surface area contributed by atoms with Gasteiger partial charge < -0.3 is 9.73 Å². The summed E-state index contributed by atoms with van der Waals surface area (Å²) in [5.74, 6) is 1.63. The monoisotopic (exact) mass is 312 g/mol. The van der Waals surface area contributed by atoms with Crippen LogP contribution in [0, 0.1) is 17.8 Å². The molecule has 0 unspecified atom stereocenters. The molecule has 2 bridgehead atoms. The number of primary sulfonamides is 1. The van der Waals surface area contributed by atoms with Crippen molar-refractivity contribution in [3.05, 3.63) is 17.9 Å². The lowest BCUT2D eigenvalue weighted by Crippen LogP contribution is -2.40. The molecular formula is C14H20N2O4S. The van der Waals surface area contributed by atoms with Gasteiger partial charge in [0.05, 0.1) is 0 Å². The first-order valence-corrected chi connectivity index (χ1v) is 8.82. The van der Waals surface area contributed by atoms with Crippen molar-refractivity contribution in [1.29, 1.82) is 0 Å². The Morgan fingerprint density at radius 1 is 1.38 bits per heavy atom. The summed E-state index contributed by atoms with van der Waals surface area (Å²) in [6, 6.07) is 2.60. The van der Waals surface area contributed by atoms with Gasteiger partial charge in [-0.15, -0.1) is 0 Å². The Hall–Kier alpha value is -1.34. The normalized spacial score (nSPS) is 29.5. The van der Waals surface area contributed by atoms with Gasteiger partial charge in [0.25, 0.3) is 15.9 Å². The number of carbonyl (C=O) groups excluding carboxylic acids is 1. The Morgan fingerprint density at radius 3 is 2.67 bits per heavy atom. The first kappa shape index (κ1) is 14.6. The highest BCUT2D eigenvalue weighted by molar-refractivity contribution is 7.89. The van der Waals surface area contributed by atoms with E-state index in [0.29, 0.717) is 11.8 Å². The molecule has 0 spiro atoms. The molecule has 1 amide bonds. The van der Waals surface area contributed by atoms with Crippen LogP contribution in [0.25, 0.3) is 0 Å². The van der Waals surface area contributed by atoms with Crippen LogP contribution in [0.3, 0.4) is 0 Å². The second-order valence-electron chi connectivity index (χ2n) is 6.26. The maximum absolute atomic E-state index is 12.1. The third-order valence-corrected chi connectivity index (χ3v) is 5.66. The van der Waals surface area contributed by atoms with E-state index in [0.717, 1.165) is 5.92 Å². The van der Waals surface area contributed by atoms with Crippen LogP contribution in [-0.2, 0) is 10.0 Å². The number of fused-ring (bicyclic) bond motifs is 2. The van der Waals surface area contributed by atoms with E-state index in [4.69, 9.17) is 9.56 Å². The number of furan rings is 1. The minimum Gasteiger partial charge on any atom is -0.438 e. The van der Waals surface area contributed by atoms with Crippen molar-refractivity contribution in [3.8, 4) is 0 Å². The molecule has 6 nitrogen and oxygen atoms in total. The van der Waals surface area contributed by atoms with Gasteiger partial charge >= 0.3 is 0 Å². The number of rotatable bonds is 4. The summed E-state index contributed by atoms with van der Waals surface area (Å²) in [5.41, 5.74) is 0. The summed E-state index contributed by atoms with van der Waals surface area (Å²) in [6.45, 7) is 2.01. The third kappa shape index (κ3) is 2.85. The van der Waals surface area contributed by atoms with Gasteiger partial charge in [-0.3, -0.25) is 4.79 Å². The minimum atomic E-state index is -3.91. The molecule has 0 radical (unpaired) electrons. The molecule has 3 rings (SSSR count). The van der Waals surface area contributed by atoms with Crippen LogP contribution < -0.4 is 10.5 Å². The van der Waals surface area contributed by atoms with Gasteiger partial charge in [-0.25, -0.2) is 13.6 Å². The number of hydrogen-bond donors (Lipinski definition) is 2. The second-order valence-corrected chi connectivity index (χ2v) is 7.76. The highest BCUT2D eigenvalue weighted by atomic mass is 32.2. The van der Waals surface area contributed by atoms with Crippen LogP contribution in [0.15, 0.2) is 21.6 Å². The van der Waals surface area contributed by atoms with Gasteiger partial charge in [-0.1, -0.05) is 6.42 Å². The molecule has 2 aliphatic rings. The lowest BCUT2D eigenvalue weighted by Gasteiger charge is -2.28. The molecule has 2 fully saturated rings. The molecule has 1 aromatic heterocycles. The number of hydrogen-bond acceptors (Lipinski definition) is 4. The molecule has 1 aromatic rings. The zero-order chi connectivity index (χ0) is 15.2. The van der Waals surface area contributed by atoms with E-state index in [1.54, 1.807) is 0 Å². The van der Waals surface area contributed by atoms with E-state index < -0.39 is 10.0 Å². The van der Waals surface area contributed by atoms with Crippen molar-refractivity contribution in [2.24, 2.45) is 22.9 Å². The quantitative estimate of drug-likeness (QED) is 0.879. The first-order chi connectivity index (χ1) is 9.84. The van der Waals surface area contributed by atoms with Crippen LogP contribution in [0.5, 0.6) is 0 Å². The number of carbonyl (C=O) groups is 1. The largest absolute Gasteiger partial charge is 0.438 e. The number of amides is 1. The van der Waals surface area contributed by atoms with Gasteiger partial charge in [0.2, 0.25) is 5.09 Å². The summed E-state index contributed by atoms with van der Waals surface area (Å²) in [6.07, 6.45) is 5.03. The van der Waals surface area contributed by atoms with E-state index in [1.807, 2.05) is 6.92 Å². The lowest BCUT2D eigenvalue weighted by molar-refractivity contribution is 0.0882. The lowest BCUT2D eigenvalue weighted by atomic mass is 9.84. The van der Waals surface area contributed by atoms with Crippen molar-refractivity contribution in [2.75, 3.05) is 0 Å². The van der Waals surface area contributed by atoms with Crippen LogP contribution >= 0.6 is 0 Å². The number of nitrogens with two attached hydrogens (primary N) is 1. The summed E-state index contributed by atoms with van der Waals surface area (Å²) in [7, 11) is -3.91. The van der Waals surface area contributed by atoms with E-state index >= 15 is 0 Å². The topological polar surface area (TPSA) is 102 Å². The van der Waals surface area contributed by atoms with Gasteiger partial charge in [0.1, 0.15) is 0 Å². The summed E-state index contributed by atoms with van der Waals surface area (Å²) in [4.78, 5) is 12.1.